The van der Waals surface area contributed by atoms with Crippen LogP contribution in [0.15, 0.2) is 42.5 Å². The van der Waals surface area contributed by atoms with Crippen LogP contribution in [0.3, 0.4) is 0 Å². The average Bonchev–Trinajstić information content (AvgIpc) is 2.56. The van der Waals surface area contributed by atoms with E-state index in [1.165, 1.54) is 12.1 Å². The fourth-order valence-electron chi connectivity index (χ4n) is 2.47. The highest BCUT2D eigenvalue weighted by molar-refractivity contribution is 7.92. The summed E-state index contributed by atoms with van der Waals surface area (Å²) in [6, 6.07) is 6.30. The largest absolute Gasteiger partial charge is 0.319 e. The van der Waals surface area contributed by atoms with Crippen LogP contribution >= 0.6 is 0 Å². The summed E-state index contributed by atoms with van der Waals surface area (Å²) in [6.45, 7) is 1.55. The summed E-state index contributed by atoms with van der Waals surface area (Å²) in [4.78, 5) is 12.6. The zero-order valence-electron chi connectivity index (χ0n) is 14.0. The fraction of sp³-hybridized carbons (Fsp3) is 0.235. The molecule has 2 aromatic rings. The Hall–Kier alpha value is -2.55. The van der Waals surface area contributed by atoms with E-state index in [2.05, 4.69) is 5.32 Å². The second-order valence-corrected chi connectivity index (χ2v) is 7.40. The first-order chi connectivity index (χ1) is 12.1. The first kappa shape index (κ1) is 19.8. The molecular weight excluding hydrogens is 369 g/mol. The van der Waals surface area contributed by atoms with Crippen molar-refractivity contribution >= 4 is 27.3 Å². The van der Waals surface area contributed by atoms with Crippen molar-refractivity contribution in [2.45, 2.75) is 19.4 Å². The highest BCUT2D eigenvalue weighted by atomic mass is 32.2. The first-order valence-corrected chi connectivity index (χ1v) is 9.49. The third kappa shape index (κ3) is 4.34. The van der Waals surface area contributed by atoms with Crippen LogP contribution in [-0.4, -0.2) is 26.6 Å². The summed E-state index contributed by atoms with van der Waals surface area (Å²) < 4.78 is 65.9. The fourth-order valence-corrected chi connectivity index (χ4v) is 3.68. The number of hydrogen-bond acceptors (Lipinski definition) is 3. The maximum atomic E-state index is 13.8. The Labute approximate surface area is 149 Å². The molecule has 0 radical (unpaired) electrons. The van der Waals surface area contributed by atoms with Gasteiger partial charge < -0.3 is 5.32 Å². The molecule has 26 heavy (non-hydrogen) atoms. The van der Waals surface area contributed by atoms with Crippen molar-refractivity contribution in [2.75, 3.05) is 15.9 Å². The summed E-state index contributed by atoms with van der Waals surface area (Å²) in [5.74, 6) is -3.46. The van der Waals surface area contributed by atoms with Gasteiger partial charge in [0.15, 0.2) is 0 Å². The number of sulfonamides is 1. The van der Waals surface area contributed by atoms with Crippen LogP contribution in [0.25, 0.3) is 0 Å². The van der Waals surface area contributed by atoms with E-state index in [0.717, 1.165) is 40.9 Å². The van der Waals surface area contributed by atoms with Gasteiger partial charge in [-0.3, -0.25) is 9.10 Å². The van der Waals surface area contributed by atoms with Crippen molar-refractivity contribution in [3.8, 4) is 0 Å². The third-order valence-corrected chi connectivity index (χ3v) is 4.80. The van der Waals surface area contributed by atoms with Crippen LogP contribution in [0.4, 0.5) is 24.5 Å². The topological polar surface area (TPSA) is 66.5 Å². The number of para-hydroxylation sites is 1. The number of hydrogen-bond donors (Lipinski definition) is 1. The number of benzene rings is 2. The molecule has 0 spiro atoms. The van der Waals surface area contributed by atoms with Crippen molar-refractivity contribution in [3.05, 3.63) is 59.9 Å². The van der Waals surface area contributed by atoms with Crippen molar-refractivity contribution in [3.63, 3.8) is 0 Å². The van der Waals surface area contributed by atoms with E-state index in [1.807, 2.05) is 0 Å². The predicted molar refractivity (Wildman–Crippen MR) is 92.8 cm³/mol. The molecule has 0 aliphatic rings. The normalized spacial score (nSPS) is 12.5. The highest BCUT2D eigenvalue weighted by Crippen LogP contribution is 2.25. The zero-order valence-corrected chi connectivity index (χ0v) is 14.9. The number of amides is 1. The van der Waals surface area contributed by atoms with Gasteiger partial charge in [-0.2, -0.15) is 0 Å². The predicted octanol–water partition coefficient (Wildman–Crippen LogP) is 3.29. The molecule has 2 rings (SSSR count). The van der Waals surface area contributed by atoms with Crippen LogP contribution in [-0.2, 0) is 14.8 Å². The summed E-state index contributed by atoms with van der Waals surface area (Å²) >= 11 is 0. The second-order valence-electron chi connectivity index (χ2n) is 5.55. The molecule has 1 atom stereocenters. The number of anilines is 2. The lowest BCUT2D eigenvalue weighted by molar-refractivity contribution is -0.117. The van der Waals surface area contributed by atoms with Gasteiger partial charge in [-0.1, -0.05) is 13.0 Å². The summed E-state index contributed by atoms with van der Waals surface area (Å²) in [5.41, 5.74) is -0.603. The Kier molecular flexibility index (Phi) is 5.91. The monoisotopic (exact) mass is 386 g/mol. The smallest absolute Gasteiger partial charge is 0.248 e. The van der Waals surface area contributed by atoms with Gasteiger partial charge in [0.25, 0.3) is 0 Å². The molecule has 0 aromatic heterocycles. The maximum Gasteiger partial charge on any atom is 0.248 e. The van der Waals surface area contributed by atoms with E-state index < -0.39 is 45.1 Å². The Morgan fingerprint density at radius 2 is 1.62 bits per heavy atom. The first-order valence-electron chi connectivity index (χ1n) is 7.65. The molecule has 0 aliphatic carbocycles. The van der Waals surface area contributed by atoms with E-state index in [9.17, 15) is 26.4 Å². The summed E-state index contributed by atoms with van der Waals surface area (Å²) in [7, 11) is -3.94. The minimum Gasteiger partial charge on any atom is -0.319 e. The molecule has 5 nitrogen and oxygen atoms in total. The standard InChI is InChI=1S/C17H17F3N2O3S/c1-3-15(17(23)21-16-13(19)5-4-6-14(16)20)22(26(2,24)25)12-9-7-11(18)8-10-12/h4-10,15H,3H2,1-2H3,(H,21,23)/t15-/m1/s1. The molecule has 140 valence electrons. The van der Waals surface area contributed by atoms with Gasteiger partial charge in [0, 0.05) is 0 Å². The SMILES string of the molecule is CC[C@H](C(=O)Nc1c(F)cccc1F)N(c1ccc(F)cc1)S(C)(=O)=O. The number of rotatable bonds is 6. The Balaban J connectivity index is 2.41. The summed E-state index contributed by atoms with van der Waals surface area (Å²) in [5, 5.41) is 2.09. The zero-order chi connectivity index (χ0) is 19.5. The highest BCUT2D eigenvalue weighted by Gasteiger charge is 2.32. The molecular formula is C17H17F3N2O3S. The van der Waals surface area contributed by atoms with Crippen LogP contribution in [0.2, 0.25) is 0 Å². The third-order valence-electron chi connectivity index (χ3n) is 3.62. The molecule has 1 amide bonds. The van der Waals surface area contributed by atoms with E-state index in [-0.39, 0.29) is 12.1 Å². The Morgan fingerprint density at radius 3 is 2.08 bits per heavy atom. The van der Waals surface area contributed by atoms with Crippen molar-refractivity contribution < 1.29 is 26.4 Å². The van der Waals surface area contributed by atoms with Gasteiger partial charge in [0.1, 0.15) is 29.2 Å². The van der Waals surface area contributed by atoms with Gasteiger partial charge >= 0.3 is 0 Å². The molecule has 0 aliphatic heterocycles. The summed E-state index contributed by atoms with van der Waals surface area (Å²) in [6.07, 6.45) is 0.905. The average molecular weight is 386 g/mol. The van der Waals surface area contributed by atoms with Gasteiger partial charge in [-0.05, 0) is 42.8 Å². The second kappa shape index (κ2) is 7.77. The van der Waals surface area contributed by atoms with E-state index in [0.29, 0.717) is 0 Å². The number of halogens is 3. The number of carbonyl (C=O) groups is 1. The van der Waals surface area contributed by atoms with Crippen LogP contribution in [0.5, 0.6) is 0 Å². The van der Waals surface area contributed by atoms with Gasteiger partial charge in [0.2, 0.25) is 15.9 Å². The van der Waals surface area contributed by atoms with Crippen molar-refractivity contribution in [1.29, 1.82) is 0 Å². The molecule has 9 heteroatoms. The maximum absolute atomic E-state index is 13.8. The molecule has 0 bridgehead atoms. The lowest BCUT2D eigenvalue weighted by Gasteiger charge is -2.30. The lowest BCUT2D eigenvalue weighted by Crippen LogP contribution is -2.47. The number of nitrogens with zero attached hydrogens (tertiary/aromatic N) is 1. The quantitative estimate of drug-likeness (QED) is 0.829. The lowest BCUT2D eigenvalue weighted by atomic mass is 10.1. The molecule has 0 unspecified atom stereocenters. The molecule has 2 aromatic carbocycles. The molecule has 0 saturated heterocycles. The van der Waals surface area contributed by atoms with E-state index in [1.54, 1.807) is 6.92 Å². The van der Waals surface area contributed by atoms with E-state index >= 15 is 0 Å². The molecule has 0 saturated carbocycles. The van der Waals surface area contributed by atoms with Gasteiger partial charge in [-0.25, -0.2) is 21.6 Å². The number of carbonyl (C=O) groups excluding carboxylic acids is 1. The number of nitrogens with one attached hydrogen (secondary N) is 1. The molecule has 0 fully saturated rings. The molecule has 1 N–H and O–H groups in total. The minimum atomic E-state index is -3.94. The van der Waals surface area contributed by atoms with Crippen molar-refractivity contribution in [1.82, 2.24) is 0 Å². The van der Waals surface area contributed by atoms with Crippen LogP contribution in [0, 0.1) is 17.5 Å². The minimum absolute atomic E-state index is 0.0202. The Morgan fingerprint density at radius 1 is 1.08 bits per heavy atom. The molecule has 0 heterocycles. The Bertz CT molecular complexity index is 882. The van der Waals surface area contributed by atoms with Crippen LogP contribution in [0.1, 0.15) is 13.3 Å². The van der Waals surface area contributed by atoms with Gasteiger partial charge in [-0.15, -0.1) is 0 Å². The van der Waals surface area contributed by atoms with Crippen molar-refractivity contribution in [2.24, 2.45) is 0 Å². The van der Waals surface area contributed by atoms with Gasteiger partial charge in [0.05, 0.1) is 11.9 Å². The van der Waals surface area contributed by atoms with Crippen LogP contribution < -0.4 is 9.62 Å². The van der Waals surface area contributed by atoms with E-state index in [4.69, 9.17) is 0 Å².